The van der Waals surface area contributed by atoms with Gasteiger partial charge < -0.3 is 5.32 Å². The van der Waals surface area contributed by atoms with Crippen molar-refractivity contribution in [3.8, 4) is 11.4 Å². The van der Waals surface area contributed by atoms with Crippen molar-refractivity contribution in [1.82, 2.24) is 19.2 Å². The lowest BCUT2D eigenvalue weighted by Crippen LogP contribution is -2.18. The molecule has 0 saturated heterocycles. The number of pyridine rings is 1. The molecule has 0 aliphatic heterocycles. The van der Waals surface area contributed by atoms with Gasteiger partial charge in [0.1, 0.15) is 5.82 Å². The number of benzene rings is 2. The molecular formula is C20H15ClFN5O2S. The second-order valence-corrected chi connectivity index (χ2v) is 8.49. The van der Waals surface area contributed by atoms with E-state index in [1.807, 2.05) is 0 Å². The minimum Gasteiger partial charge on any atom is -0.349 e. The zero-order chi connectivity index (χ0) is 21.1. The Balaban J connectivity index is 1.74. The van der Waals surface area contributed by atoms with Gasteiger partial charge in [-0.25, -0.2) is 4.39 Å². The van der Waals surface area contributed by atoms with Gasteiger partial charge in [0.05, 0.1) is 4.90 Å². The van der Waals surface area contributed by atoms with Crippen molar-refractivity contribution in [1.29, 1.82) is 0 Å². The van der Waals surface area contributed by atoms with Crippen molar-refractivity contribution in [2.75, 3.05) is 5.32 Å². The van der Waals surface area contributed by atoms with Crippen LogP contribution in [0.25, 0.3) is 11.4 Å². The first-order valence-corrected chi connectivity index (χ1v) is 10.6. The first-order chi connectivity index (χ1) is 14.4. The van der Waals surface area contributed by atoms with Gasteiger partial charge in [0.25, 0.3) is 10.0 Å². The lowest BCUT2D eigenvalue weighted by molar-refractivity contribution is 0.580. The number of nitrogens with one attached hydrogen (secondary N) is 1. The van der Waals surface area contributed by atoms with Crippen LogP contribution >= 0.6 is 11.6 Å². The highest BCUT2D eigenvalue weighted by Crippen LogP contribution is 2.23. The van der Waals surface area contributed by atoms with Gasteiger partial charge in [0.15, 0.2) is 5.82 Å². The molecule has 0 fully saturated rings. The standard InChI is InChI=1S/C20H15ClFN5O2S/c21-16-5-9-18(10-6-16)30(28,29)27-20(24-12-14-3-7-17(22)8-4-14)25-19(26-27)15-2-1-11-23-13-15/h1-11,13H,12H2,(H,24,25,26). The van der Waals surface area contributed by atoms with Crippen LogP contribution < -0.4 is 5.32 Å². The first-order valence-electron chi connectivity index (χ1n) is 8.80. The van der Waals surface area contributed by atoms with E-state index in [0.29, 0.717) is 10.6 Å². The summed E-state index contributed by atoms with van der Waals surface area (Å²) in [6, 6.07) is 15.0. The normalized spacial score (nSPS) is 11.4. The molecule has 0 amide bonds. The molecule has 0 radical (unpaired) electrons. The summed E-state index contributed by atoms with van der Waals surface area (Å²) in [6.45, 7) is 0.224. The molecule has 0 aliphatic carbocycles. The second kappa shape index (κ2) is 8.21. The summed E-state index contributed by atoms with van der Waals surface area (Å²) >= 11 is 5.88. The maximum Gasteiger partial charge on any atom is 0.286 e. The Labute approximate surface area is 177 Å². The summed E-state index contributed by atoms with van der Waals surface area (Å²) in [5.41, 5.74) is 1.31. The number of aromatic nitrogens is 4. The lowest BCUT2D eigenvalue weighted by atomic mass is 10.2. The van der Waals surface area contributed by atoms with Crippen LogP contribution in [-0.4, -0.2) is 27.6 Å². The van der Waals surface area contributed by atoms with Crippen LogP contribution in [0.1, 0.15) is 5.56 Å². The van der Waals surface area contributed by atoms with E-state index in [9.17, 15) is 12.8 Å². The summed E-state index contributed by atoms with van der Waals surface area (Å²) in [5.74, 6) is -0.138. The van der Waals surface area contributed by atoms with E-state index in [4.69, 9.17) is 11.6 Å². The molecule has 30 heavy (non-hydrogen) atoms. The molecule has 4 aromatic rings. The number of halogens is 2. The van der Waals surface area contributed by atoms with Gasteiger partial charge in [-0.15, -0.1) is 9.19 Å². The van der Waals surface area contributed by atoms with Gasteiger partial charge in [0.2, 0.25) is 5.95 Å². The molecule has 0 saturated carbocycles. The Morgan fingerprint density at radius 1 is 1.03 bits per heavy atom. The fraction of sp³-hybridized carbons (Fsp3) is 0.0500. The Kier molecular flexibility index (Phi) is 5.47. The molecule has 0 aliphatic rings. The van der Waals surface area contributed by atoms with Crippen LogP contribution in [0.3, 0.4) is 0 Å². The van der Waals surface area contributed by atoms with Gasteiger partial charge >= 0.3 is 0 Å². The summed E-state index contributed by atoms with van der Waals surface area (Å²) in [7, 11) is -4.04. The highest BCUT2D eigenvalue weighted by molar-refractivity contribution is 7.90. The number of hydrogen-bond donors (Lipinski definition) is 1. The molecule has 0 atom stereocenters. The molecule has 2 aromatic carbocycles. The Morgan fingerprint density at radius 2 is 1.77 bits per heavy atom. The highest BCUT2D eigenvalue weighted by Gasteiger charge is 2.24. The van der Waals surface area contributed by atoms with Crippen molar-refractivity contribution in [3.05, 3.63) is 89.5 Å². The van der Waals surface area contributed by atoms with Crippen LogP contribution in [0, 0.1) is 5.82 Å². The smallest absolute Gasteiger partial charge is 0.286 e. The van der Waals surface area contributed by atoms with Crippen molar-refractivity contribution in [2.24, 2.45) is 0 Å². The Morgan fingerprint density at radius 3 is 2.43 bits per heavy atom. The van der Waals surface area contributed by atoms with Gasteiger partial charge in [-0.1, -0.05) is 23.7 Å². The van der Waals surface area contributed by atoms with Gasteiger partial charge in [0, 0.05) is 29.5 Å². The zero-order valence-electron chi connectivity index (χ0n) is 15.4. The van der Waals surface area contributed by atoms with Crippen LogP contribution in [0.4, 0.5) is 10.3 Å². The maximum atomic E-state index is 13.2. The molecule has 7 nitrogen and oxygen atoms in total. The van der Waals surface area contributed by atoms with E-state index in [-0.39, 0.29) is 29.0 Å². The molecule has 152 valence electrons. The Hall–Kier alpha value is -3.30. The predicted octanol–water partition coefficient (Wildman–Crippen LogP) is 3.98. The predicted molar refractivity (Wildman–Crippen MR) is 111 cm³/mol. The molecular weight excluding hydrogens is 429 g/mol. The summed E-state index contributed by atoms with van der Waals surface area (Å²) in [5, 5.41) is 7.58. The molecule has 0 bridgehead atoms. The summed E-state index contributed by atoms with van der Waals surface area (Å²) < 4.78 is 40.3. The lowest BCUT2D eigenvalue weighted by Gasteiger charge is -2.09. The fourth-order valence-electron chi connectivity index (χ4n) is 2.68. The van der Waals surface area contributed by atoms with Gasteiger partial charge in [-0.05, 0) is 54.1 Å². The van der Waals surface area contributed by atoms with E-state index in [0.717, 1.165) is 9.65 Å². The van der Waals surface area contributed by atoms with Crippen LogP contribution in [0.5, 0.6) is 0 Å². The average molecular weight is 444 g/mol. The molecule has 1 N–H and O–H groups in total. The average Bonchev–Trinajstić information content (AvgIpc) is 3.20. The van der Waals surface area contributed by atoms with Crippen molar-refractivity contribution in [2.45, 2.75) is 11.4 Å². The second-order valence-electron chi connectivity index (χ2n) is 6.28. The third kappa shape index (κ3) is 4.17. The number of anilines is 1. The maximum absolute atomic E-state index is 13.2. The zero-order valence-corrected chi connectivity index (χ0v) is 17.0. The van der Waals surface area contributed by atoms with E-state index < -0.39 is 10.0 Å². The van der Waals surface area contributed by atoms with Crippen LogP contribution in [-0.2, 0) is 16.6 Å². The van der Waals surface area contributed by atoms with Crippen molar-refractivity contribution < 1.29 is 12.8 Å². The summed E-state index contributed by atoms with van der Waals surface area (Å²) in [6.07, 6.45) is 3.14. The highest BCUT2D eigenvalue weighted by atomic mass is 35.5. The first kappa shape index (κ1) is 20.0. The SMILES string of the molecule is O=S(=O)(c1ccc(Cl)cc1)n1nc(-c2cccnc2)nc1NCc1ccc(F)cc1. The van der Waals surface area contributed by atoms with E-state index >= 15 is 0 Å². The molecule has 2 heterocycles. The topological polar surface area (TPSA) is 89.8 Å². The van der Waals surface area contributed by atoms with E-state index in [1.54, 1.807) is 36.7 Å². The molecule has 2 aromatic heterocycles. The monoisotopic (exact) mass is 443 g/mol. The van der Waals surface area contributed by atoms with Crippen LogP contribution in [0.2, 0.25) is 5.02 Å². The largest absolute Gasteiger partial charge is 0.349 e. The quantitative estimate of drug-likeness (QED) is 0.484. The van der Waals surface area contributed by atoms with E-state index in [1.165, 1.54) is 36.4 Å². The van der Waals surface area contributed by atoms with Crippen molar-refractivity contribution in [3.63, 3.8) is 0 Å². The fourth-order valence-corrected chi connectivity index (χ4v) is 4.00. The molecule has 10 heteroatoms. The van der Waals surface area contributed by atoms with E-state index in [2.05, 4.69) is 20.4 Å². The molecule has 4 rings (SSSR count). The minimum absolute atomic E-state index is 0.0133. The number of hydrogen-bond acceptors (Lipinski definition) is 6. The van der Waals surface area contributed by atoms with Crippen molar-refractivity contribution >= 4 is 27.6 Å². The minimum atomic E-state index is -4.04. The van der Waals surface area contributed by atoms with Crippen LogP contribution in [0.15, 0.2) is 78.0 Å². The van der Waals surface area contributed by atoms with Gasteiger partial charge in [-0.3, -0.25) is 4.98 Å². The van der Waals surface area contributed by atoms with Gasteiger partial charge in [-0.2, -0.15) is 13.4 Å². The third-order valence-electron chi connectivity index (χ3n) is 4.20. The number of rotatable bonds is 6. The number of nitrogens with zero attached hydrogens (tertiary/aromatic N) is 4. The molecule has 0 spiro atoms. The summed E-state index contributed by atoms with van der Waals surface area (Å²) in [4.78, 5) is 8.38. The third-order valence-corrected chi connectivity index (χ3v) is 6.03. The molecule has 0 unspecified atom stereocenters. The Bertz CT molecular complexity index is 1260.